The summed E-state index contributed by atoms with van der Waals surface area (Å²) in [6, 6.07) is 15.0. The summed E-state index contributed by atoms with van der Waals surface area (Å²) in [6.45, 7) is 4.26. The van der Waals surface area contributed by atoms with Crippen LogP contribution in [-0.2, 0) is 0 Å². The van der Waals surface area contributed by atoms with E-state index in [1.54, 1.807) is 7.11 Å². The maximum absolute atomic E-state index is 5.24. The monoisotopic (exact) mass is 284 g/mol. The van der Waals surface area contributed by atoms with E-state index in [0.717, 1.165) is 11.4 Å². The van der Waals surface area contributed by atoms with Gasteiger partial charge in [0.25, 0.3) is 0 Å². The molecule has 0 fully saturated rings. The molecule has 2 aromatic rings. The summed E-state index contributed by atoms with van der Waals surface area (Å²) >= 11 is 0. The van der Waals surface area contributed by atoms with Gasteiger partial charge in [-0.25, -0.2) is 0 Å². The van der Waals surface area contributed by atoms with Crippen LogP contribution in [0.25, 0.3) is 0 Å². The average Bonchev–Trinajstić information content (AvgIpc) is 2.49. The Kier molecular flexibility index (Phi) is 4.73. The van der Waals surface area contributed by atoms with E-state index in [0.29, 0.717) is 0 Å². The van der Waals surface area contributed by atoms with E-state index >= 15 is 0 Å². The van der Waals surface area contributed by atoms with Crippen molar-refractivity contribution in [1.29, 1.82) is 0 Å². The molecule has 0 aliphatic carbocycles. The van der Waals surface area contributed by atoms with Gasteiger partial charge in [0.15, 0.2) is 0 Å². The first-order valence-electron chi connectivity index (χ1n) is 7.19. The Labute approximate surface area is 127 Å². The molecule has 0 aliphatic heterocycles. The SMILES string of the molecule is COc1ccc(NC(C)c2ccc(N(C)C)cc2)c(C)c1. The van der Waals surface area contributed by atoms with Crippen LogP contribution in [0.15, 0.2) is 42.5 Å². The molecule has 0 aliphatic rings. The van der Waals surface area contributed by atoms with Gasteiger partial charge in [-0.3, -0.25) is 0 Å². The number of nitrogens with zero attached hydrogens (tertiary/aromatic N) is 1. The Bertz CT molecular complexity index is 591. The van der Waals surface area contributed by atoms with Crippen molar-refractivity contribution in [3.8, 4) is 5.75 Å². The molecule has 0 bridgehead atoms. The molecule has 112 valence electrons. The van der Waals surface area contributed by atoms with Gasteiger partial charge in [-0.2, -0.15) is 0 Å². The molecule has 0 saturated heterocycles. The quantitative estimate of drug-likeness (QED) is 0.888. The second kappa shape index (κ2) is 6.53. The van der Waals surface area contributed by atoms with Crippen molar-refractivity contribution in [3.63, 3.8) is 0 Å². The van der Waals surface area contributed by atoms with Crippen molar-refractivity contribution in [3.05, 3.63) is 53.6 Å². The van der Waals surface area contributed by atoms with E-state index in [2.05, 4.69) is 68.5 Å². The lowest BCUT2D eigenvalue weighted by atomic mass is 10.1. The molecule has 1 unspecified atom stereocenters. The molecule has 3 nitrogen and oxygen atoms in total. The highest BCUT2D eigenvalue weighted by atomic mass is 16.5. The Morgan fingerprint density at radius 3 is 2.24 bits per heavy atom. The lowest BCUT2D eigenvalue weighted by Gasteiger charge is -2.19. The van der Waals surface area contributed by atoms with Crippen LogP contribution in [0.4, 0.5) is 11.4 Å². The zero-order valence-electron chi connectivity index (χ0n) is 13.5. The first kappa shape index (κ1) is 15.2. The average molecular weight is 284 g/mol. The maximum atomic E-state index is 5.24. The number of anilines is 2. The standard InChI is InChI=1S/C18H24N2O/c1-13-12-17(21-5)10-11-18(13)19-14(2)15-6-8-16(9-7-15)20(3)4/h6-12,14,19H,1-5H3. The Hall–Kier alpha value is -2.16. The Morgan fingerprint density at radius 2 is 1.71 bits per heavy atom. The first-order chi connectivity index (χ1) is 10.0. The number of aryl methyl sites for hydroxylation is 1. The summed E-state index contributed by atoms with van der Waals surface area (Å²) in [5.74, 6) is 0.890. The van der Waals surface area contributed by atoms with E-state index in [1.165, 1.54) is 16.8 Å². The molecule has 2 rings (SSSR count). The second-order valence-corrected chi connectivity index (χ2v) is 5.53. The summed E-state index contributed by atoms with van der Waals surface area (Å²) in [7, 11) is 5.80. The number of rotatable bonds is 5. The summed E-state index contributed by atoms with van der Waals surface area (Å²) in [5.41, 5.74) is 4.81. The molecule has 0 spiro atoms. The highest BCUT2D eigenvalue weighted by Crippen LogP contribution is 2.26. The summed E-state index contributed by atoms with van der Waals surface area (Å²) in [4.78, 5) is 2.11. The van der Waals surface area contributed by atoms with Crippen LogP contribution in [0, 0.1) is 6.92 Å². The number of benzene rings is 2. The second-order valence-electron chi connectivity index (χ2n) is 5.53. The molecular weight excluding hydrogens is 260 g/mol. The molecule has 3 heteroatoms. The van der Waals surface area contributed by atoms with Crippen LogP contribution in [0.1, 0.15) is 24.1 Å². The van der Waals surface area contributed by atoms with Crippen LogP contribution in [-0.4, -0.2) is 21.2 Å². The molecular formula is C18H24N2O. The van der Waals surface area contributed by atoms with Crippen LogP contribution >= 0.6 is 0 Å². The van der Waals surface area contributed by atoms with Gasteiger partial charge >= 0.3 is 0 Å². The summed E-state index contributed by atoms with van der Waals surface area (Å²) in [5, 5.41) is 3.56. The molecule has 0 radical (unpaired) electrons. The van der Waals surface area contributed by atoms with E-state index in [-0.39, 0.29) is 6.04 Å². The number of methoxy groups -OCH3 is 1. The van der Waals surface area contributed by atoms with Gasteiger partial charge in [0.1, 0.15) is 5.75 Å². The third-order valence-electron chi connectivity index (χ3n) is 3.72. The van der Waals surface area contributed by atoms with E-state index < -0.39 is 0 Å². The van der Waals surface area contributed by atoms with E-state index in [1.807, 2.05) is 12.1 Å². The van der Waals surface area contributed by atoms with Gasteiger partial charge in [0.05, 0.1) is 7.11 Å². The van der Waals surface area contributed by atoms with Gasteiger partial charge in [-0.15, -0.1) is 0 Å². The smallest absolute Gasteiger partial charge is 0.119 e. The molecule has 0 heterocycles. The minimum atomic E-state index is 0.258. The number of nitrogens with one attached hydrogen (secondary N) is 1. The molecule has 0 saturated carbocycles. The normalized spacial score (nSPS) is 11.9. The number of ether oxygens (including phenoxy) is 1. The fourth-order valence-corrected chi connectivity index (χ4v) is 2.30. The highest BCUT2D eigenvalue weighted by molar-refractivity contribution is 5.55. The predicted octanol–water partition coefficient (Wildman–Crippen LogP) is 4.24. The van der Waals surface area contributed by atoms with Crippen molar-refractivity contribution in [2.75, 3.05) is 31.4 Å². The van der Waals surface area contributed by atoms with E-state index in [4.69, 9.17) is 4.74 Å². The van der Waals surface area contributed by atoms with Crippen molar-refractivity contribution in [1.82, 2.24) is 0 Å². The zero-order valence-corrected chi connectivity index (χ0v) is 13.5. The molecule has 1 atom stereocenters. The van der Waals surface area contributed by atoms with Crippen LogP contribution < -0.4 is 15.0 Å². The molecule has 0 aromatic heterocycles. The highest BCUT2D eigenvalue weighted by Gasteiger charge is 2.08. The Balaban J connectivity index is 2.12. The van der Waals surface area contributed by atoms with Crippen molar-refractivity contribution < 1.29 is 4.74 Å². The summed E-state index contributed by atoms with van der Waals surface area (Å²) < 4.78 is 5.24. The largest absolute Gasteiger partial charge is 0.497 e. The summed E-state index contributed by atoms with van der Waals surface area (Å²) in [6.07, 6.45) is 0. The lowest BCUT2D eigenvalue weighted by molar-refractivity contribution is 0.414. The molecule has 0 amide bonds. The van der Waals surface area contributed by atoms with Gasteiger partial charge in [0, 0.05) is 31.5 Å². The maximum Gasteiger partial charge on any atom is 0.119 e. The van der Waals surface area contributed by atoms with Crippen molar-refractivity contribution >= 4 is 11.4 Å². The van der Waals surface area contributed by atoms with Crippen molar-refractivity contribution in [2.24, 2.45) is 0 Å². The van der Waals surface area contributed by atoms with Crippen LogP contribution in [0.3, 0.4) is 0 Å². The first-order valence-corrected chi connectivity index (χ1v) is 7.19. The molecule has 21 heavy (non-hydrogen) atoms. The fraction of sp³-hybridized carbons (Fsp3) is 0.333. The molecule has 2 aromatic carbocycles. The fourth-order valence-electron chi connectivity index (χ4n) is 2.30. The van der Waals surface area contributed by atoms with Gasteiger partial charge in [-0.05, 0) is 55.3 Å². The van der Waals surface area contributed by atoms with Crippen LogP contribution in [0.5, 0.6) is 5.75 Å². The van der Waals surface area contributed by atoms with E-state index in [9.17, 15) is 0 Å². The molecule has 1 N–H and O–H groups in total. The zero-order chi connectivity index (χ0) is 15.4. The minimum absolute atomic E-state index is 0.258. The van der Waals surface area contributed by atoms with Crippen LogP contribution in [0.2, 0.25) is 0 Å². The predicted molar refractivity (Wildman–Crippen MR) is 90.5 cm³/mol. The topological polar surface area (TPSA) is 24.5 Å². The lowest BCUT2D eigenvalue weighted by Crippen LogP contribution is -2.10. The minimum Gasteiger partial charge on any atom is -0.497 e. The third kappa shape index (κ3) is 3.69. The van der Waals surface area contributed by atoms with Gasteiger partial charge < -0.3 is 15.0 Å². The van der Waals surface area contributed by atoms with Crippen molar-refractivity contribution in [2.45, 2.75) is 19.9 Å². The Morgan fingerprint density at radius 1 is 1.05 bits per heavy atom. The van der Waals surface area contributed by atoms with Gasteiger partial charge in [-0.1, -0.05) is 12.1 Å². The number of hydrogen-bond acceptors (Lipinski definition) is 3. The van der Waals surface area contributed by atoms with Gasteiger partial charge in [0.2, 0.25) is 0 Å². The number of hydrogen-bond donors (Lipinski definition) is 1. The third-order valence-corrected chi connectivity index (χ3v) is 3.72.